The predicted octanol–water partition coefficient (Wildman–Crippen LogP) is 4.56. The van der Waals surface area contributed by atoms with Gasteiger partial charge in [0.15, 0.2) is 0 Å². The number of nitrogens with one attached hydrogen (secondary N) is 1. The number of anilines is 1. The highest BCUT2D eigenvalue weighted by Crippen LogP contribution is 2.21. The molecule has 6 nitrogen and oxygen atoms in total. The maximum Gasteiger partial charge on any atom is 0.255 e. The van der Waals surface area contributed by atoms with Crippen LogP contribution in [0.3, 0.4) is 0 Å². The second-order valence-corrected chi connectivity index (χ2v) is 7.37. The van der Waals surface area contributed by atoms with Crippen molar-refractivity contribution in [3.05, 3.63) is 83.6 Å². The van der Waals surface area contributed by atoms with Crippen molar-refractivity contribution in [2.75, 3.05) is 11.9 Å². The first-order valence-electron chi connectivity index (χ1n) is 9.95. The first-order chi connectivity index (χ1) is 14.6. The van der Waals surface area contributed by atoms with E-state index in [-0.39, 0.29) is 11.8 Å². The van der Waals surface area contributed by atoms with Gasteiger partial charge < -0.3 is 15.0 Å². The number of hydrogen-bond donors (Lipinski definition) is 1. The molecule has 2 aromatic carbocycles. The molecule has 2 amide bonds. The number of ether oxygens (including phenoxy) is 1. The molecule has 1 aromatic heterocycles. The van der Waals surface area contributed by atoms with E-state index in [0.29, 0.717) is 35.8 Å². The van der Waals surface area contributed by atoms with Crippen LogP contribution in [0, 0.1) is 6.92 Å². The van der Waals surface area contributed by atoms with Gasteiger partial charge in [-0.3, -0.25) is 9.59 Å². The summed E-state index contributed by atoms with van der Waals surface area (Å²) >= 11 is 0. The van der Waals surface area contributed by atoms with Gasteiger partial charge in [-0.1, -0.05) is 29.8 Å². The average molecular weight is 401 g/mol. The fourth-order valence-electron chi connectivity index (χ4n) is 3.30. The van der Waals surface area contributed by atoms with Crippen molar-refractivity contribution in [2.24, 2.45) is 0 Å². The highest BCUT2D eigenvalue weighted by Gasteiger charge is 2.20. The molecule has 6 heteroatoms. The van der Waals surface area contributed by atoms with E-state index >= 15 is 0 Å². The van der Waals surface area contributed by atoms with Gasteiger partial charge in [0, 0.05) is 31.1 Å². The van der Waals surface area contributed by atoms with E-state index in [1.54, 1.807) is 30.5 Å². The van der Waals surface area contributed by atoms with E-state index in [2.05, 4.69) is 10.3 Å². The van der Waals surface area contributed by atoms with Gasteiger partial charge in [0.25, 0.3) is 5.91 Å². The number of aromatic nitrogens is 1. The maximum atomic E-state index is 12.5. The Labute approximate surface area is 175 Å². The lowest BCUT2D eigenvalue weighted by atomic mass is 10.1. The molecule has 3 aromatic rings. The molecule has 2 heterocycles. The molecule has 1 aliphatic rings. The number of amides is 2. The molecule has 0 atom stereocenters. The minimum atomic E-state index is -0.215. The van der Waals surface area contributed by atoms with Gasteiger partial charge in [-0.2, -0.15) is 0 Å². The minimum absolute atomic E-state index is 0.194. The van der Waals surface area contributed by atoms with E-state index in [1.165, 1.54) is 0 Å². The van der Waals surface area contributed by atoms with Crippen molar-refractivity contribution < 1.29 is 14.3 Å². The largest absolute Gasteiger partial charge is 0.439 e. The van der Waals surface area contributed by atoms with Gasteiger partial charge in [-0.05, 0) is 49.2 Å². The summed E-state index contributed by atoms with van der Waals surface area (Å²) in [7, 11) is 0. The van der Waals surface area contributed by atoms with Crippen LogP contribution in [-0.2, 0) is 11.3 Å². The first-order valence-corrected chi connectivity index (χ1v) is 9.95. The molecule has 0 aliphatic carbocycles. The second kappa shape index (κ2) is 8.78. The van der Waals surface area contributed by atoms with Crippen LogP contribution in [0.5, 0.6) is 11.6 Å². The van der Waals surface area contributed by atoms with Crippen LogP contribution in [0.4, 0.5) is 5.69 Å². The van der Waals surface area contributed by atoms with Gasteiger partial charge in [0.05, 0.1) is 11.9 Å². The van der Waals surface area contributed by atoms with E-state index in [4.69, 9.17) is 4.74 Å². The zero-order chi connectivity index (χ0) is 20.9. The Morgan fingerprint density at radius 2 is 1.83 bits per heavy atom. The summed E-state index contributed by atoms with van der Waals surface area (Å²) in [4.78, 5) is 30.3. The monoisotopic (exact) mass is 401 g/mol. The Morgan fingerprint density at radius 3 is 2.47 bits per heavy atom. The predicted molar refractivity (Wildman–Crippen MR) is 115 cm³/mol. The molecule has 1 N–H and O–H groups in total. The lowest BCUT2D eigenvalue weighted by Gasteiger charge is -2.15. The second-order valence-electron chi connectivity index (χ2n) is 7.37. The number of likely N-dealkylation sites (tertiary alicyclic amines) is 1. The van der Waals surface area contributed by atoms with E-state index in [1.807, 2.05) is 48.2 Å². The van der Waals surface area contributed by atoms with Gasteiger partial charge in [0.1, 0.15) is 5.75 Å². The Balaban J connectivity index is 1.34. The van der Waals surface area contributed by atoms with E-state index in [9.17, 15) is 9.59 Å². The van der Waals surface area contributed by atoms with Crippen molar-refractivity contribution in [3.63, 3.8) is 0 Å². The van der Waals surface area contributed by atoms with Gasteiger partial charge in [-0.15, -0.1) is 0 Å². The van der Waals surface area contributed by atoms with Crippen molar-refractivity contribution in [2.45, 2.75) is 26.3 Å². The smallest absolute Gasteiger partial charge is 0.255 e. The molecule has 0 radical (unpaired) electrons. The molecule has 1 saturated heterocycles. The van der Waals surface area contributed by atoms with Crippen molar-refractivity contribution in [3.8, 4) is 11.6 Å². The Bertz CT molecular complexity index is 1030. The molecule has 4 rings (SSSR count). The third-order valence-corrected chi connectivity index (χ3v) is 5.00. The summed E-state index contributed by atoms with van der Waals surface area (Å²) in [6, 6.07) is 18.5. The lowest BCUT2D eigenvalue weighted by Crippen LogP contribution is -2.23. The quantitative estimate of drug-likeness (QED) is 0.657. The molecule has 152 valence electrons. The Hall–Kier alpha value is -3.67. The molecule has 0 spiro atoms. The topological polar surface area (TPSA) is 71.5 Å². The van der Waals surface area contributed by atoms with Crippen LogP contribution in [0.2, 0.25) is 0 Å². The third kappa shape index (κ3) is 4.84. The summed E-state index contributed by atoms with van der Waals surface area (Å²) in [5.74, 6) is 1.14. The molecular formula is C24H23N3O3. The summed E-state index contributed by atoms with van der Waals surface area (Å²) in [5, 5.41) is 2.83. The molecule has 0 bridgehead atoms. The van der Waals surface area contributed by atoms with Crippen molar-refractivity contribution >= 4 is 17.5 Å². The zero-order valence-corrected chi connectivity index (χ0v) is 16.8. The highest BCUT2D eigenvalue weighted by atomic mass is 16.5. The molecule has 0 unspecified atom stereocenters. The van der Waals surface area contributed by atoms with Crippen LogP contribution in [0.1, 0.15) is 34.3 Å². The van der Waals surface area contributed by atoms with Gasteiger partial charge in [-0.25, -0.2) is 4.98 Å². The normalized spacial score (nSPS) is 13.4. The van der Waals surface area contributed by atoms with Gasteiger partial charge in [0.2, 0.25) is 11.8 Å². The Kier molecular flexibility index (Phi) is 5.75. The van der Waals surface area contributed by atoms with E-state index < -0.39 is 0 Å². The fourth-order valence-corrected chi connectivity index (χ4v) is 3.30. The standard InChI is InChI=1S/C24H23N3O3/c1-17-4-11-21(12-5-17)30-22-13-10-20(15-25-22)26-24(29)19-8-6-18(7-9-19)16-27-14-2-3-23(27)28/h4-13,15H,2-3,14,16H2,1H3,(H,26,29). The molecule has 30 heavy (non-hydrogen) atoms. The molecule has 0 saturated carbocycles. The van der Waals surface area contributed by atoms with Crippen LogP contribution >= 0.6 is 0 Å². The highest BCUT2D eigenvalue weighted by molar-refractivity contribution is 6.04. The number of benzene rings is 2. The van der Waals surface area contributed by atoms with Gasteiger partial charge >= 0.3 is 0 Å². The molecule has 1 aliphatic heterocycles. The summed E-state index contributed by atoms with van der Waals surface area (Å²) in [6.45, 7) is 3.41. The summed E-state index contributed by atoms with van der Waals surface area (Å²) < 4.78 is 5.70. The number of nitrogens with zero attached hydrogens (tertiary/aromatic N) is 2. The number of carbonyl (C=O) groups is 2. The summed E-state index contributed by atoms with van der Waals surface area (Å²) in [6.07, 6.45) is 3.11. The van der Waals surface area contributed by atoms with Crippen LogP contribution in [0.15, 0.2) is 66.9 Å². The Morgan fingerprint density at radius 1 is 1.07 bits per heavy atom. The first kappa shape index (κ1) is 19.6. The van der Waals surface area contributed by atoms with Crippen LogP contribution in [-0.4, -0.2) is 28.2 Å². The fraction of sp³-hybridized carbons (Fsp3) is 0.208. The number of hydrogen-bond acceptors (Lipinski definition) is 4. The molecular weight excluding hydrogens is 378 g/mol. The lowest BCUT2D eigenvalue weighted by molar-refractivity contribution is -0.128. The third-order valence-electron chi connectivity index (χ3n) is 5.00. The SMILES string of the molecule is Cc1ccc(Oc2ccc(NC(=O)c3ccc(CN4CCCC4=O)cc3)cn2)cc1. The number of carbonyl (C=O) groups excluding carboxylic acids is 2. The van der Waals surface area contributed by atoms with Crippen LogP contribution < -0.4 is 10.1 Å². The maximum absolute atomic E-state index is 12.5. The minimum Gasteiger partial charge on any atom is -0.439 e. The van der Waals surface area contributed by atoms with E-state index in [0.717, 1.165) is 24.1 Å². The number of rotatable bonds is 6. The zero-order valence-electron chi connectivity index (χ0n) is 16.8. The number of aryl methyl sites for hydroxylation is 1. The number of pyridine rings is 1. The van der Waals surface area contributed by atoms with Crippen LogP contribution in [0.25, 0.3) is 0 Å². The average Bonchev–Trinajstić information content (AvgIpc) is 3.16. The summed E-state index contributed by atoms with van der Waals surface area (Å²) in [5.41, 5.74) is 3.31. The molecule has 1 fully saturated rings. The van der Waals surface area contributed by atoms with Crippen molar-refractivity contribution in [1.82, 2.24) is 9.88 Å². The van der Waals surface area contributed by atoms with Crippen molar-refractivity contribution in [1.29, 1.82) is 0 Å².